The molecular weight excluding hydrogens is 282 g/mol. The summed E-state index contributed by atoms with van der Waals surface area (Å²) in [6.45, 7) is 5.25. The third-order valence-electron chi connectivity index (χ3n) is 4.43. The van der Waals surface area contributed by atoms with E-state index >= 15 is 0 Å². The Morgan fingerprint density at radius 1 is 1.43 bits per heavy atom. The maximum atomic E-state index is 11.5. The molecule has 3 rings (SSSR count). The highest BCUT2D eigenvalue weighted by atomic mass is 32.1. The molecular formula is C17H21NO2S. The summed E-state index contributed by atoms with van der Waals surface area (Å²) in [7, 11) is 0. The first-order valence-corrected chi connectivity index (χ1v) is 8.25. The Labute approximate surface area is 129 Å². The Hall–Kier alpha value is -1.39. The summed E-state index contributed by atoms with van der Waals surface area (Å²) in [6, 6.07) is 8.45. The summed E-state index contributed by atoms with van der Waals surface area (Å²) in [5, 5.41) is 14.1. The number of fused-ring (bicyclic) bond motifs is 1. The van der Waals surface area contributed by atoms with Gasteiger partial charge in [-0.2, -0.15) is 0 Å². The number of hydrogen-bond donors (Lipinski definition) is 2. The number of aromatic carboxylic acids is 1. The third kappa shape index (κ3) is 2.97. The zero-order chi connectivity index (χ0) is 15.0. The first-order chi connectivity index (χ1) is 9.96. The summed E-state index contributed by atoms with van der Waals surface area (Å²) in [6.07, 6.45) is 3.58. The lowest BCUT2D eigenvalue weighted by atomic mass is 9.92. The van der Waals surface area contributed by atoms with E-state index in [9.17, 15) is 9.90 Å². The maximum absolute atomic E-state index is 11.5. The lowest BCUT2D eigenvalue weighted by molar-refractivity contribution is 0.0701. The summed E-state index contributed by atoms with van der Waals surface area (Å²) in [5.41, 5.74) is 1.34. The number of rotatable bonds is 4. The number of benzene rings is 1. The standard InChI is InChI=1S/C17H21NO2S/c1-17(2)8-7-11(9-17)18-10-13-12-5-3-4-6-14(12)21-15(13)16(19)20/h3-6,11,18H,7-10H2,1-2H3,(H,19,20). The van der Waals surface area contributed by atoms with Crippen molar-refractivity contribution in [3.05, 3.63) is 34.7 Å². The zero-order valence-corrected chi connectivity index (χ0v) is 13.3. The fourth-order valence-electron chi connectivity index (χ4n) is 3.30. The van der Waals surface area contributed by atoms with Crippen LogP contribution in [0.5, 0.6) is 0 Å². The molecule has 1 heterocycles. The molecule has 21 heavy (non-hydrogen) atoms. The molecule has 3 nitrogen and oxygen atoms in total. The molecule has 1 fully saturated rings. The monoisotopic (exact) mass is 303 g/mol. The van der Waals surface area contributed by atoms with Gasteiger partial charge in [0.15, 0.2) is 0 Å². The van der Waals surface area contributed by atoms with Gasteiger partial charge in [0.25, 0.3) is 0 Å². The molecule has 0 amide bonds. The van der Waals surface area contributed by atoms with E-state index in [4.69, 9.17) is 0 Å². The smallest absolute Gasteiger partial charge is 0.346 e. The van der Waals surface area contributed by atoms with E-state index in [1.54, 1.807) is 0 Å². The minimum Gasteiger partial charge on any atom is -0.477 e. The molecule has 0 radical (unpaired) electrons. The number of carbonyl (C=O) groups is 1. The van der Waals surface area contributed by atoms with Crippen molar-refractivity contribution in [2.75, 3.05) is 0 Å². The Kier molecular flexibility index (Phi) is 3.76. The number of carboxylic acid groups (broad SMARTS) is 1. The van der Waals surface area contributed by atoms with Crippen LogP contribution in [-0.4, -0.2) is 17.1 Å². The van der Waals surface area contributed by atoms with Crippen molar-refractivity contribution < 1.29 is 9.90 Å². The van der Waals surface area contributed by atoms with Gasteiger partial charge in [-0.1, -0.05) is 32.0 Å². The van der Waals surface area contributed by atoms with E-state index in [0.717, 1.165) is 22.1 Å². The van der Waals surface area contributed by atoms with Gasteiger partial charge in [-0.05, 0) is 41.7 Å². The molecule has 112 valence electrons. The first-order valence-electron chi connectivity index (χ1n) is 7.43. The molecule has 0 aliphatic heterocycles. The SMILES string of the molecule is CC1(C)CCC(NCc2c(C(=O)O)sc3ccccc23)C1. The topological polar surface area (TPSA) is 49.3 Å². The van der Waals surface area contributed by atoms with E-state index < -0.39 is 5.97 Å². The van der Waals surface area contributed by atoms with Gasteiger partial charge < -0.3 is 10.4 Å². The van der Waals surface area contributed by atoms with Gasteiger partial charge in [0, 0.05) is 17.3 Å². The van der Waals surface area contributed by atoms with Crippen LogP contribution in [0.15, 0.2) is 24.3 Å². The molecule has 1 saturated carbocycles. The minimum absolute atomic E-state index is 0.407. The van der Waals surface area contributed by atoms with Gasteiger partial charge in [0.2, 0.25) is 0 Å². The van der Waals surface area contributed by atoms with Crippen molar-refractivity contribution in [1.29, 1.82) is 0 Å². The number of thiophene rings is 1. The van der Waals surface area contributed by atoms with Crippen molar-refractivity contribution in [2.45, 2.75) is 45.7 Å². The average molecular weight is 303 g/mol. The number of carboxylic acids is 1. The van der Waals surface area contributed by atoms with Gasteiger partial charge >= 0.3 is 5.97 Å². The van der Waals surface area contributed by atoms with Crippen LogP contribution in [-0.2, 0) is 6.54 Å². The largest absolute Gasteiger partial charge is 0.477 e. The molecule has 0 spiro atoms. The summed E-state index contributed by atoms with van der Waals surface area (Å²) in [4.78, 5) is 11.9. The van der Waals surface area contributed by atoms with Crippen molar-refractivity contribution in [3.8, 4) is 0 Å². The fraction of sp³-hybridized carbons (Fsp3) is 0.471. The Morgan fingerprint density at radius 3 is 2.86 bits per heavy atom. The van der Waals surface area contributed by atoms with Gasteiger partial charge in [-0.3, -0.25) is 0 Å². The van der Waals surface area contributed by atoms with Crippen LogP contribution in [0.1, 0.15) is 48.3 Å². The second kappa shape index (κ2) is 5.43. The van der Waals surface area contributed by atoms with Crippen molar-refractivity contribution in [3.63, 3.8) is 0 Å². The molecule has 2 aromatic rings. The lowest BCUT2D eigenvalue weighted by Gasteiger charge is -2.18. The molecule has 1 aliphatic rings. The highest BCUT2D eigenvalue weighted by Gasteiger charge is 2.30. The van der Waals surface area contributed by atoms with Crippen molar-refractivity contribution in [1.82, 2.24) is 5.32 Å². The highest BCUT2D eigenvalue weighted by Crippen LogP contribution is 2.37. The van der Waals surface area contributed by atoms with Crippen LogP contribution in [0, 0.1) is 5.41 Å². The highest BCUT2D eigenvalue weighted by molar-refractivity contribution is 7.21. The average Bonchev–Trinajstić information content (AvgIpc) is 2.96. The summed E-state index contributed by atoms with van der Waals surface area (Å²) < 4.78 is 1.05. The molecule has 1 aliphatic carbocycles. The summed E-state index contributed by atoms with van der Waals surface area (Å²) in [5.74, 6) is -0.820. The zero-order valence-electron chi connectivity index (χ0n) is 12.5. The van der Waals surface area contributed by atoms with Gasteiger partial charge in [-0.15, -0.1) is 11.3 Å². The second-order valence-electron chi connectivity index (χ2n) is 6.70. The Bertz CT molecular complexity index is 674. The summed E-state index contributed by atoms with van der Waals surface area (Å²) >= 11 is 1.37. The van der Waals surface area contributed by atoms with Crippen molar-refractivity contribution >= 4 is 27.4 Å². The van der Waals surface area contributed by atoms with Gasteiger partial charge in [-0.25, -0.2) is 4.79 Å². The van der Waals surface area contributed by atoms with E-state index in [1.807, 2.05) is 24.3 Å². The molecule has 2 N–H and O–H groups in total. The maximum Gasteiger partial charge on any atom is 0.346 e. The van der Waals surface area contributed by atoms with Gasteiger partial charge in [0.1, 0.15) is 4.88 Å². The normalized spacial score (nSPS) is 21.0. The molecule has 1 aromatic heterocycles. The van der Waals surface area contributed by atoms with E-state index in [-0.39, 0.29) is 0 Å². The van der Waals surface area contributed by atoms with Crippen LogP contribution in [0.25, 0.3) is 10.1 Å². The van der Waals surface area contributed by atoms with Crippen LogP contribution < -0.4 is 5.32 Å². The molecule has 0 bridgehead atoms. The second-order valence-corrected chi connectivity index (χ2v) is 7.75. The van der Waals surface area contributed by atoms with Crippen LogP contribution >= 0.6 is 11.3 Å². The van der Waals surface area contributed by atoms with Gasteiger partial charge in [0.05, 0.1) is 0 Å². The number of nitrogens with one attached hydrogen (secondary N) is 1. The van der Waals surface area contributed by atoms with E-state index in [0.29, 0.717) is 22.9 Å². The molecule has 0 saturated heterocycles. The van der Waals surface area contributed by atoms with Crippen LogP contribution in [0.4, 0.5) is 0 Å². The van der Waals surface area contributed by atoms with Crippen molar-refractivity contribution in [2.24, 2.45) is 5.41 Å². The quantitative estimate of drug-likeness (QED) is 0.887. The molecule has 4 heteroatoms. The minimum atomic E-state index is -0.820. The Balaban J connectivity index is 1.83. The van der Waals surface area contributed by atoms with Crippen LogP contribution in [0.3, 0.4) is 0 Å². The molecule has 1 aromatic carbocycles. The predicted molar refractivity (Wildman–Crippen MR) is 87.0 cm³/mol. The fourth-order valence-corrected chi connectivity index (χ4v) is 4.36. The molecule has 1 unspecified atom stereocenters. The first kappa shape index (κ1) is 14.5. The lowest BCUT2D eigenvalue weighted by Crippen LogP contribution is -2.27. The van der Waals surface area contributed by atoms with E-state index in [1.165, 1.54) is 24.2 Å². The number of hydrogen-bond acceptors (Lipinski definition) is 3. The Morgan fingerprint density at radius 2 is 2.19 bits per heavy atom. The van der Waals surface area contributed by atoms with E-state index in [2.05, 4.69) is 19.2 Å². The third-order valence-corrected chi connectivity index (χ3v) is 5.63. The van der Waals surface area contributed by atoms with Crippen LogP contribution in [0.2, 0.25) is 0 Å². The predicted octanol–water partition coefficient (Wildman–Crippen LogP) is 4.27. The molecule has 1 atom stereocenters.